The lowest BCUT2D eigenvalue weighted by Crippen LogP contribution is -2.37. The molecule has 1 aliphatic rings. The monoisotopic (exact) mass is 827 g/mol. The minimum Gasteiger partial charge on any atom is -0.462 e. The summed E-state index contributed by atoms with van der Waals surface area (Å²) in [4.78, 5) is 35.5. The fourth-order valence-electron chi connectivity index (χ4n) is 6.39. The van der Waals surface area contributed by atoms with E-state index < -0.39 is 26.5 Å². The number of epoxide rings is 1. The van der Waals surface area contributed by atoms with E-state index >= 15 is 0 Å². The number of allylic oxidation sites excluding steroid dienone is 5. The van der Waals surface area contributed by atoms with Crippen molar-refractivity contribution in [3.63, 3.8) is 0 Å². The van der Waals surface area contributed by atoms with Crippen molar-refractivity contribution in [3.05, 3.63) is 36.5 Å². The Morgan fingerprint density at radius 1 is 0.649 bits per heavy atom. The van der Waals surface area contributed by atoms with E-state index in [1.807, 2.05) is 21.1 Å². The van der Waals surface area contributed by atoms with E-state index in [0.717, 1.165) is 44.9 Å². The van der Waals surface area contributed by atoms with Gasteiger partial charge in [-0.3, -0.25) is 18.6 Å². The maximum atomic E-state index is 12.8. The van der Waals surface area contributed by atoms with Crippen LogP contribution in [0.4, 0.5) is 0 Å². The van der Waals surface area contributed by atoms with Crippen molar-refractivity contribution in [1.82, 2.24) is 0 Å². The van der Waals surface area contributed by atoms with E-state index in [1.54, 1.807) is 0 Å². The largest absolute Gasteiger partial charge is 0.472 e. The highest BCUT2D eigenvalue weighted by molar-refractivity contribution is 7.47. The van der Waals surface area contributed by atoms with Crippen LogP contribution in [0.2, 0.25) is 0 Å². The molecule has 1 N–H and O–H groups in total. The van der Waals surface area contributed by atoms with Gasteiger partial charge in [0.15, 0.2) is 6.10 Å². The number of rotatable bonds is 40. The fraction of sp³-hybridized carbons (Fsp3) is 0.826. The molecule has 57 heavy (non-hydrogen) atoms. The second kappa shape index (κ2) is 35.0. The third-order valence-electron chi connectivity index (χ3n) is 10.1. The molecule has 0 spiro atoms. The summed E-state index contributed by atoms with van der Waals surface area (Å²) in [6.07, 6.45) is 40.6. The number of ether oxygens (including phenoxy) is 3. The summed E-state index contributed by atoms with van der Waals surface area (Å²) in [5.74, 6) is -0.870. The number of carbonyl (C=O) groups is 2. The zero-order chi connectivity index (χ0) is 41.9. The number of phosphoric ester groups is 1. The van der Waals surface area contributed by atoms with Gasteiger partial charge in [0.2, 0.25) is 0 Å². The maximum absolute atomic E-state index is 12.8. The minimum absolute atomic E-state index is 0.0180. The van der Waals surface area contributed by atoms with Crippen molar-refractivity contribution in [2.75, 3.05) is 47.5 Å². The zero-order valence-electron chi connectivity index (χ0n) is 37.0. The summed E-state index contributed by atoms with van der Waals surface area (Å²) < 4.78 is 40.1. The standard InChI is InChI=1S/C46H84NO9P/c1-6-8-10-12-14-16-18-20-21-22-24-26-28-30-32-36-45(48)52-40-42(41-54-57(50,51)53-39-38-47(3,4)5)55-46(49)37-33-35-44-43(56-44)34-31-29-27-25-23-19-17-15-13-11-9-7-2/h15,17,23,25,29,31,42-44H,6-14,16,18-22,24,26-28,30,32-41H2,1-5H3/p+1/b17-15-,25-23-,31-29-/t42-,43?,44?/m1/s1. The van der Waals surface area contributed by atoms with Gasteiger partial charge in [0.1, 0.15) is 19.8 Å². The van der Waals surface area contributed by atoms with Crippen LogP contribution in [0, 0.1) is 0 Å². The van der Waals surface area contributed by atoms with Gasteiger partial charge in [0.05, 0.1) is 40.0 Å². The molecule has 10 nitrogen and oxygen atoms in total. The van der Waals surface area contributed by atoms with Crippen LogP contribution in [0.5, 0.6) is 0 Å². The molecule has 332 valence electrons. The van der Waals surface area contributed by atoms with Gasteiger partial charge < -0.3 is 23.6 Å². The lowest BCUT2D eigenvalue weighted by Gasteiger charge is -2.24. The van der Waals surface area contributed by atoms with Gasteiger partial charge in [-0.15, -0.1) is 0 Å². The van der Waals surface area contributed by atoms with Gasteiger partial charge in [-0.05, 0) is 51.4 Å². The molecule has 0 saturated carbocycles. The Morgan fingerprint density at radius 3 is 1.77 bits per heavy atom. The lowest BCUT2D eigenvalue weighted by atomic mass is 10.0. The summed E-state index contributed by atoms with van der Waals surface area (Å²) in [7, 11) is 1.43. The highest BCUT2D eigenvalue weighted by Crippen LogP contribution is 2.43. The first-order valence-corrected chi connectivity index (χ1v) is 24.3. The summed E-state index contributed by atoms with van der Waals surface area (Å²) in [5.41, 5.74) is 0. The Hall–Kier alpha value is -1.81. The second-order valence-electron chi connectivity index (χ2n) is 16.8. The van der Waals surface area contributed by atoms with Crippen molar-refractivity contribution < 1.29 is 46.8 Å². The number of esters is 2. The molecule has 0 aromatic rings. The molecule has 0 aromatic carbocycles. The number of hydrogen-bond acceptors (Lipinski definition) is 8. The van der Waals surface area contributed by atoms with Crippen LogP contribution in [0.25, 0.3) is 0 Å². The van der Waals surface area contributed by atoms with E-state index in [1.165, 1.54) is 103 Å². The van der Waals surface area contributed by atoms with Crippen LogP contribution in [0.1, 0.15) is 181 Å². The number of carbonyl (C=O) groups excluding carboxylic acids is 2. The van der Waals surface area contributed by atoms with Crippen LogP contribution < -0.4 is 0 Å². The first-order valence-electron chi connectivity index (χ1n) is 22.8. The fourth-order valence-corrected chi connectivity index (χ4v) is 7.14. The zero-order valence-corrected chi connectivity index (χ0v) is 37.9. The number of unbranched alkanes of at least 4 members (excludes halogenated alkanes) is 17. The van der Waals surface area contributed by atoms with Crippen LogP contribution >= 0.6 is 7.82 Å². The number of hydrogen-bond donors (Lipinski definition) is 1. The third kappa shape index (κ3) is 35.8. The molecule has 0 radical (unpaired) electrons. The summed E-state index contributed by atoms with van der Waals surface area (Å²) in [6.45, 7) is 4.31. The molecule has 0 bridgehead atoms. The number of nitrogens with zero attached hydrogens (tertiary/aromatic N) is 1. The molecular weight excluding hydrogens is 741 g/mol. The van der Waals surface area contributed by atoms with Crippen molar-refractivity contribution in [2.45, 2.75) is 199 Å². The Morgan fingerprint density at radius 2 is 1.18 bits per heavy atom. The van der Waals surface area contributed by atoms with E-state index in [0.29, 0.717) is 17.4 Å². The van der Waals surface area contributed by atoms with Crippen molar-refractivity contribution in [2.24, 2.45) is 0 Å². The van der Waals surface area contributed by atoms with Gasteiger partial charge in [0.25, 0.3) is 0 Å². The van der Waals surface area contributed by atoms with Gasteiger partial charge in [-0.1, -0.05) is 153 Å². The Bertz CT molecular complexity index is 1140. The molecule has 1 aliphatic heterocycles. The Labute approximate surface area is 348 Å². The molecule has 0 aromatic heterocycles. The average Bonchev–Trinajstić information content (AvgIpc) is 3.91. The quantitative estimate of drug-likeness (QED) is 0.0161. The lowest BCUT2D eigenvalue weighted by molar-refractivity contribution is -0.870. The number of quaternary nitrogens is 1. The molecule has 1 heterocycles. The van der Waals surface area contributed by atoms with Gasteiger partial charge >= 0.3 is 19.8 Å². The predicted molar refractivity (Wildman–Crippen MR) is 233 cm³/mol. The topological polar surface area (TPSA) is 121 Å². The van der Waals surface area contributed by atoms with E-state index in [9.17, 15) is 19.0 Å². The number of phosphoric acid groups is 1. The predicted octanol–water partition coefficient (Wildman–Crippen LogP) is 11.9. The smallest absolute Gasteiger partial charge is 0.462 e. The molecule has 3 unspecified atom stereocenters. The Kier molecular flexibility index (Phi) is 32.7. The summed E-state index contributed by atoms with van der Waals surface area (Å²) in [6, 6.07) is 0. The number of likely N-dealkylation sites (N-methyl/N-ethyl adjacent to an activating group) is 1. The van der Waals surface area contributed by atoms with Crippen LogP contribution in [-0.2, 0) is 37.4 Å². The molecule has 1 saturated heterocycles. The van der Waals surface area contributed by atoms with Gasteiger partial charge in [0, 0.05) is 12.8 Å². The normalized spacial score (nSPS) is 17.4. The van der Waals surface area contributed by atoms with Gasteiger partial charge in [-0.25, -0.2) is 4.57 Å². The van der Waals surface area contributed by atoms with Crippen molar-refractivity contribution in [1.29, 1.82) is 0 Å². The summed E-state index contributed by atoms with van der Waals surface area (Å²) >= 11 is 0. The molecule has 0 aliphatic carbocycles. The second-order valence-corrected chi connectivity index (χ2v) is 18.3. The van der Waals surface area contributed by atoms with Crippen molar-refractivity contribution >= 4 is 19.8 Å². The molecule has 1 rings (SSSR count). The Balaban J connectivity index is 2.33. The van der Waals surface area contributed by atoms with Crippen LogP contribution in [0.3, 0.4) is 0 Å². The SMILES string of the molecule is CCCCC/C=C\C/C=C\C/C=C\CC1OC1CCCC(=O)O[C@H](COC(=O)CCCCCCCCCCCCCCCCC)COP(=O)(O)OCC[N+](C)(C)C. The van der Waals surface area contributed by atoms with E-state index in [2.05, 4.69) is 50.3 Å². The van der Waals surface area contributed by atoms with Crippen molar-refractivity contribution in [3.8, 4) is 0 Å². The van der Waals surface area contributed by atoms with Crippen LogP contribution in [0.15, 0.2) is 36.5 Å². The first-order chi connectivity index (χ1) is 27.5. The van der Waals surface area contributed by atoms with E-state index in [-0.39, 0.29) is 44.2 Å². The molecule has 4 atom stereocenters. The molecule has 0 amide bonds. The van der Waals surface area contributed by atoms with E-state index in [4.69, 9.17) is 23.3 Å². The maximum Gasteiger partial charge on any atom is 0.472 e. The third-order valence-corrected chi connectivity index (χ3v) is 11.1. The highest BCUT2D eigenvalue weighted by atomic mass is 31.2. The molecule has 11 heteroatoms. The molecule has 1 fully saturated rings. The first kappa shape index (κ1) is 53.2. The summed E-state index contributed by atoms with van der Waals surface area (Å²) in [5, 5.41) is 0. The minimum atomic E-state index is -4.40. The van der Waals surface area contributed by atoms with Crippen LogP contribution in [-0.4, -0.2) is 87.1 Å². The van der Waals surface area contributed by atoms with Gasteiger partial charge in [-0.2, -0.15) is 0 Å². The molecular formula is C46H85NO9P+. The average molecular weight is 827 g/mol. The highest BCUT2D eigenvalue weighted by Gasteiger charge is 2.37.